The summed E-state index contributed by atoms with van der Waals surface area (Å²) in [6.07, 6.45) is -4.52. The fourth-order valence-electron chi connectivity index (χ4n) is 2.70. The molecule has 0 N–H and O–H groups in total. The van der Waals surface area contributed by atoms with Crippen molar-refractivity contribution in [3.05, 3.63) is 71.3 Å². The standard InChI is InChI=1S/C17H15F3O2/c18-17(19,20)14-8-6-13(7-9-14)16(15-10-21-11-22-15)12-4-2-1-3-5-12/h1-9,15-16H,10-11H2/t15-,16+/m0/s1. The predicted octanol–water partition coefficient (Wildman–Crippen LogP) is 4.21. The Morgan fingerprint density at radius 1 is 0.909 bits per heavy atom. The summed E-state index contributed by atoms with van der Waals surface area (Å²) in [6.45, 7) is 0.648. The summed E-state index contributed by atoms with van der Waals surface area (Å²) in [5.74, 6) is -0.147. The second kappa shape index (κ2) is 6.10. The van der Waals surface area contributed by atoms with Crippen molar-refractivity contribution in [2.75, 3.05) is 13.4 Å². The van der Waals surface area contributed by atoms with Crippen LogP contribution < -0.4 is 0 Å². The van der Waals surface area contributed by atoms with Crippen LogP contribution in [0.5, 0.6) is 0 Å². The minimum Gasteiger partial charge on any atom is -0.353 e. The monoisotopic (exact) mass is 308 g/mol. The van der Waals surface area contributed by atoms with Crippen molar-refractivity contribution in [2.24, 2.45) is 0 Å². The zero-order valence-corrected chi connectivity index (χ0v) is 11.7. The van der Waals surface area contributed by atoms with Crippen molar-refractivity contribution in [3.63, 3.8) is 0 Å². The first-order chi connectivity index (χ1) is 10.6. The Kier molecular flexibility index (Phi) is 4.18. The van der Waals surface area contributed by atoms with E-state index in [4.69, 9.17) is 9.47 Å². The van der Waals surface area contributed by atoms with Crippen molar-refractivity contribution < 1.29 is 22.6 Å². The first-order valence-corrected chi connectivity index (χ1v) is 6.97. The fraction of sp³-hybridized carbons (Fsp3) is 0.294. The van der Waals surface area contributed by atoms with Gasteiger partial charge in [-0.05, 0) is 23.3 Å². The third kappa shape index (κ3) is 3.15. The van der Waals surface area contributed by atoms with E-state index in [2.05, 4.69) is 0 Å². The van der Waals surface area contributed by atoms with Gasteiger partial charge in [0.05, 0.1) is 18.3 Å². The molecule has 2 atom stereocenters. The summed E-state index contributed by atoms with van der Waals surface area (Å²) < 4.78 is 48.9. The molecular formula is C17H15F3O2. The number of rotatable bonds is 3. The van der Waals surface area contributed by atoms with Gasteiger partial charge in [-0.2, -0.15) is 13.2 Å². The van der Waals surface area contributed by atoms with Crippen molar-refractivity contribution in [3.8, 4) is 0 Å². The van der Waals surface area contributed by atoms with Gasteiger partial charge in [0.25, 0.3) is 0 Å². The highest BCUT2D eigenvalue weighted by Crippen LogP contribution is 2.34. The maximum atomic E-state index is 12.7. The summed E-state index contributed by atoms with van der Waals surface area (Å²) in [4.78, 5) is 0. The van der Waals surface area contributed by atoms with E-state index in [0.29, 0.717) is 6.61 Å². The van der Waals surface area contributed by atoms with Crippen LogP contribution in [-0.2, 0) is 15.7 Å². The van der Waals surface area contributed by atoms with Crippen molar-refractivity contribution in [1.82, 2.24) is 0 Å². The molecule has 0 aromatic heterocycles. The third-order valence-corrected chi connectivity index (χ3v) is 3.78. The SMILES string of the molecule is FC(F)(F)c1ccc([C@@H](c2ccccc2)[C@@H]2COCO2)cc1. The molecule has 116 valence electrons. The lowest BCUT2D eigenvalue weighted by molar-refractivity contribution is -0.137. The Bertz CT molecular complexity index is 602. The molecule has 2 aromatic rings. The third-order valence-electron chi connectivity index (χ3n) is 3.78. The minimum atomic E-state index is -4.33. The topological polar surface area (TPSA) is 18.5 Å². The second-order valence-electron chi connectivity index (χ2n) is 5.20. The van der Waals surface area contributed by atoms with E-state index in [1.165, 1.54) is 12.1 Å². The molecular weight excluding hydrogens is 293 g/mol. The Morgan fingerprint density at radius 3 is 2.09 bits per heavy atom. The lowest BCUT2D eigenvalue weighted by Crippen LogP contribution is -2.22. The molecule has 3 rings (SSSR count). The summed E-state index contributed by atoms with van der Waals surface area (Å²) in [7, 11) is 0. The summed E-state index contributed by atoms with van der Waals surface area (Å²) in [5.41, 5.74) is 1.14. The molecule has 0 unspecified atom stereocenters. The first-order valence-electron chi connectivity index (χ1n) is 6.97. The lowest BCUT2D eigenvalue weighted by atomic mass is 9.86. The van der Waals surface area contributed by atoms with Crippen LogP contribution >= 0.6 is 0 Å². The number of hydrogen-bond acceptors (Lipinski definition) is 2. The normalized spacial score (nSPS) is 20.0. The first kappa shape index (κ1) is 15.1. The zero-order valence-electron chi connectivity index (χ0n) is 11.7. The van der Waals surface area contributed by atoms with Gasteiger partial charge in [0.1, 0.15) is 6.79 Å². The molecule has 0 amide bonds. The number of halogens is 3. The number of alkyl halides is 3. The molecule has 0 saturated carbocycles. The zero-order chi connectivity index (χ0) is 15.6. The van der Waals surface area contributed by atoms with E-state index in [-0.39, 0.29) is 18.8 Å². The highest BCUT2D eigenvalue weighted by molar-refractivity contribution is 5.36. The molecule has 5 heteroatoms. The molecule has 1 heterocycles. The number of benzene rings is 2. The maximum Gasteiger partial charge on any atom is 0.416 e. The van der Waals surface area contributed by atoms with Crippen LogP contribution in [0.2, 0.25) is 0 Å². The molecule has 0 bridgehead atoms. The van der Waals surface area contributed by atoms with E-state index in [0.717, 1.165) is 23.3 Å². The van der Waals surface area contributed by atoms with Crippen LogP contribution in [0.15, 0.2) is 54.6 Å². The van der Waals surface area contributed by atoms with Crippen LogP contribution in [0.4, 0.5) is 13.2 Å². The van der Waals surface area contributed by atoms with Gasteiger partial charge in [0.15, 0.2) is 0 Å². The Balaban J connectivity index is 1.95. The molecule has 1 aliphatic heterocycles. The molecule has 1 saturated heterocycles. The molecule has 0 aliphatic carbocycles. The smallest absolute Gasteiger partial charge is 0.353 e. The van der Waals surface area contributed by atoms with E-state index in [9.17, 15) is 13.2 Å². The Labute approximate surface area is 126 Å². The highest BCUT2D eigenvalue weighted by atomic mass is 19.4. The van der Waals surface area contributed by atoms with Crippen LogP contribution in [0.25, 0.3) is 0 Å². The van der Waals surface area contributed by atoms with Gasteiger partial charge < -0.3 is 9.47 Å². The quantitative estimate of drug-likeness (QED) is 0.845. The van der Waals surface area contributed by atoms with Gasteiger partial charge in [0, 0.05) is 5.92 Å². The average molecular weight is 308 g/mol. The molecule has 1 aliphatic rings. The Hall–Kier alpha value is -1.85. The van der Waals surface area contributed by atoms with Crippen LogP contribution in [0.3, 0.4) is 0 Å². The summed E-state index contributed by atoms with van der Waals surface area (Å²) in [5, 5.41) is 0. The highest BCUT2D eigenvalue weighted by Gasteiger charge is 2.32. The van der Waals surface area contributed by atoms with E-state index >= 15 is 0 Å². The van der Waals surface area contributed by atoms with E-state index in [1.54, 1.807) is 0 Å². The van der Waals surface area contributed by atoms with E-state index in [1.807, 2.05) is 30.3 Å². The average Bonchev–Trinajstić information content (AvgIpc) is 3.02. The second-order valence-corrected chi connectivity index (χ2v) is 5.20. The number of ether oxygens (including phenoxy) is 2. The Morgan fingerprint density at radius 2 is 1.55 bits per heavy atom. The number of hydrogen-bond donors (Lipinski definition) is 0. The summed E-state index contributed by atoms with van der Waals surface area (Å²) >= 11 is 0. The largest absolute Gasteiger partial charge is 0.416 e. The van der Waals surface area contributed by atoms with E-state index < -0.39 is 11.7 Å². The van der Waals surface area contributed by atoms with Gasteiger partial charge in [-0.3, -0.25) is 0 Å². The van der Waals surface area contributed by atoms with Gasteiger partial charge in [-0.15, -0.1) is 0 Å². The van der Waals surface area contributed by atoms with Crippen LogP contribution in [0.1, 0.15) is 22.6 Å². The van der Waals surface area contributed by atoms with Crippen molar-refractivity contribution in [1.29, 1.82) is 0 Å². The van der Waals surface area contributed by atoms with Gasteiger partial charge in [-0.25, -0.2) is 0 Å². The van der Waals surface area contributed by atoms with Crippen LogP contribution in [0, 0.1) is 0 Å². The van der Waals surface area contributed by atoms with Crippen LogP contribution in [-0.4, -0.2) is 19.5 Å². The van der Waals surface area contributed by atoms with Gasteiger partial charge in [0.2, 0.25) is 0 Å². The van der Waals surface area contributed by atoms with Crippen molar-refractivity contribution >= 4 is 0 Å². The lowest BCUT2D eigenvalue weighted by Gasteiger charge is -2.23. The molecule has 0 radical (unpaired) electrons. The molecule has 1 fully saturated rings. The molecule has 2 aromatic carbocycles. The predicted molar refractivity (Wildman–Crippen MR) is 75.4 cm³/mol. The summed E-state index contributed by atoms with van der Waals surface area (Å²) in [6, 6.07) is 14.9. The fourth-order valence-corrected chi connectivity index (χ4v) is 2.70. The van der Waals surface area contributed by atoms with Gasteiger partial charge in [-0.1, -0.05) is 42.5 Å². The van der Waals surface area contributed by atoms with Crippen molar-refractivity contribution in [2.45, 2.75) is 18.2 Å². The minimum absolute atomic E-state index is 0.147. The maximum absolute atomic E-state index is 12.7. The van der Waals surface area contributed by atoms with Gasteiger partial charge >= 0.3 is 6.18 Å². The molecule has 0 spiro atoms. The molecule has 22 heavy (non-hydrogen) atoms. The molecule has 2 nitrogen and oxygen atoms in total.